The van der Waals surface area contributed by atoms with Crippen LogP contribution in [0, 0.1) is 5.92 Å². The predicted molar refractivity (Wildman–Crippen MR) is 72.5 cm³/mol. The highest BCUT2D eigenvalue weighted by Gasteiger charge is 2.25. The van der Waals surface area contributed by atoms with Crippen LogP contribution in [-0.2, 0) is 0 Å². The van der Waals surface area contributed by atoms with Crippen molar-refractivity contribution < 1.29 is 10.2 Å². The zero-order chi connectivity index (χ0) is 12.8. The second-order valence-corrected chi connectivity index (χ2v) is 5.90. The van der Waals surface area contributed by atoms with Gasteiger partial charge in [-0.25, -0.2) is 0 Å². The molecule has 0 aromatic heterocycles. The molecule has 2 rings (SSSR count). The van der Waals surface area contributed by atoms with Crippen molar-refractivity contribution in [2.75, 3.05) is 32.8 Å². The molecule has 0 spiro atoms. The number of β-amino-alcohol motifs (C(OH)–C–C–N with tert-alkyl or cyclic N) is 1. The first-order chi connectivity index (χ1) is 8.79. The quantitative estimate of drug-likeness (QED) is 0.651. The summed E-state index contributed by atoms with van der Waals surface area (Å²) in [7, 11) is 0. The lowest BCUT2D eigenvalue weighted by Crippen LogP contribution is -2.45. The Morgan fingerprint density at radius 3 is 2.56 bits per heavy atom. The summed E-state index contributed by atoms with van der Waals surface area (Å²) in [5, 5.41) is 22.8. The minimum absolute atomic E-state index is 0.274. The van der Waals surface area contributed by atoms with Crippen molar-refractivity contribution >= 4 is 0 Å². The standard InChI is InChI=1S/C14H28N2O2/c17-11-12-5-1-2-6-14(12)15-9-13(18)10-16-7-3-4-8-16/h12-15,17-18H,1-11H2. The number of hydrogen-bond acceptors (Lipinski definition) is 4. The number of aliphatic hydroxyl groups is 2. The molecule has 1 aliphatic heterocycles. The van der Waals surface area contributed by atoms with Crippen molar-refractivity contribution in [3.8, 4) is 0 Å². The molecular weight excluding hydrogens is 228 g/mol. The highest BCUT2D eigenvalue weighted by Crippen LogP contribution is 2.23. The molecule has 4 heteroatoms. The summed E-state index contributed by atoms with van der Waals surface area (Å²) in [6, 6.07) is 0.400. The second kappa shape index (κ2) is 7.43. The molecule has 106 valence electrons. The molecule has 1 saturated carbocycles. The van der Waals surface area contributed by atoms with Gasteiger partial charge in [0.25, 0.3) is 0 Å². The van der Waals surface area contributed by atoms with Crippen molar-refractivity contribution in [1.82, 2.24) is 10.2 Å². The molecule has 2 aliphatic rings. The highest BCUT2D eigenvalue weighted by atomic mass is 16.3. The maximum atomic E-state index is 10.0. The maximum Gasteiger partial charge on any atom is 0.0791 e. The first kappa shape index (κ1) is 14.3. The fraction of sp³-hybridized carbons (Fsp3) is 1.00. The number of likely N-dealkylation sites (tertiary alicyclic amines) is 1. The fourth-order valence-corrected chi connectivity index (χ4v) is 3.31. The van der Waals surface area contributed by atoms with Gasteiger partial charge in [-0.3, -0.25) is 0 Å². The Kier molecular flexibility index (Phi) is 5.89. The summed E-state index contributed by atoms with van der Waals surface area (Å²) in [5.74, 6) is 0.387. The SMILES string of the molecule is OCC1CCCCC1NCC(O)CN1CCCC1. The zero-order valence-corrected chi connectivity index (χ0v) is 11.4. The smallest absolute Gasteiger partial charge is 0.0791 e. The van der Waals surface area contributed by atoms with Gasteiger partial charge in [-0.2, -0.15) is 0 Å². The molecule has 1 heterocycles. The summed E-state index contributed by atoms with van der Waals surface area (Å²) in [5.41, 5.74) is 0. The molecule has 3 unspecified atom stereocenters. The van der Waals surface area contributed by atoms with Crippen molar-refractivity contribution in [1.29, 1.82) is 0 Å². The molecular formula is C14H28N2O2. The van der Waals surface area contributed by atoms with Crippen LogP contribution in [0.5, 0.6) is 0 Å². The summed E-state index contributed by atoms with van der Waals surface area (Å²) in [4.78, 5) is 2.34. The van der Waals surface area contributed by atoms with Gasteiger partial charge in [0.1, 0.15) is 0 Å². The van der Waals surface area contributed by atoms with Crippen molar-refractivity contribution in [3.05, 3.63) is 0 Å². The molecule has 4 nitrogen and oxygen atoms in total. The Labute approximate surface area is 110 Å². The molecule has 3 atom stereocenters. The molecule has 18 heavy (non-hydrogen) atoms. The van der Waals surface area contributed by atoms with Crippen molar-refractivity contribution in [2.45, 2.75) is 50.7 Å². The third kappa shape index (κ3) is 4.19. The van der Waals surface area contributed by atoms with Crippen LogP contribution in [0.25, 0.3) is 0 Å². The first-order valence-corrected chi connectivity index (χ1v) is 7.54. The second-order valence-electron chi connectivity index (χ2n) is 5.90. The molecule has 1 aliphatic carbocycles. The zero-order valence-electron chi connectivity index (χ0n) is 11.4. The van der Waals surface area contributed by atoms with E-state index in [2.05, 4.69) is 10.2 Å². The van der Waals surface area contributed by atoms with Crippen molar-refractivity contribution in [2.24, 2.45) is 5.92 Å². The summed E-state index contributed by atoms with van der Waals surface area (Å²) < 4.78 is 0. The third-order valence-electron chi connectivity index (χ3n) is 4.43. The molecule has 3 N–H and O–H groups in total. The molecule has 0 aromatic rings. The lowest BCUT2D eigenvalue weighted by molar-refractivity contribution is 0.103. The van der Waals surface area contributed by atoms with Gasteiger partial charge < -0.3 is 20.4 Å². The van der Waals surface area contributed by atoms with Crippen LogP contribution in [0.15, 0.2) is 0 Å². The number of aliphatic hydroxyl groups excluding tert-OH is 2. The van der Waals surface area contributed by atoms with E-state index in [1.807, 2.05) is 0 Å². The van der Waals surface area contributed by atoms with Gasteiger partial charge in [0.05, 0.1) is 6.10 Å². The van der Waals surface area contributed by atoms with Gasteiger partial charge in [0.2, 0.25) is 0 Å². The van der Waals surface area contributed by atoms with Gasteiger partial charge in [-0.15, -0.1) is 0 Å². The Bertz CT molecular complexity index is 232. The number of rotatable bonds is 6. The van der Waals surface area contributed by atoms with Gasteiger partial charge in [-0.05, 0) is 44.7 Å². The summed E-state index contributed by atoms with van der Waals surface area (Å²) in [6.45, 7) is 4.01. The number of hydrogen-bond donors (Lipinski definition) is 3. The van der Waals surface area contributed by atoms with E-state index in [0.717, 1.165) is 32.5 Å². The number of nitrogens with one attached hydrogen (secondary N) is 1. The van der Waals surface area contributed by atoms with Crippen LogP contribution < -0.4 is 5.32 Å². The maximum absolute atomic E-state index is 10.0. The normalized spacial score (nSPS) is 31.7. The highest BCUT2D eigenvalue weighted by molar-refractivity contribution is 4.82. The monoisotopic (exact) mass is 256 g/mol. The average molecular weight is 256 g/mol. The van der Waals surface area contributed by atoms with Crippen LogP contribution in [0.1, 0.15) is 38.5 Å². The van der Waals surface area contributed by atoms with Crippen LogP contribution in [0.4, 0.5) is 0 Å². The van der Waals surface area contributed by atoms with Crippen LogP contribution >= 0.6 is 0 Å². The minimum Gasteiger partial charge on any atom is -0.396 e. The summed E-state index contributed by atoms with van der Waals surface area (Å²) >= 11 is 0. The molecule has 0 bridgehead atoms. The van der Waals surface area contributed by atoms with E-state index in [0.29, 0.717) is 18.5 Å². The average Bonchev–Trinajstić information content (AvgIpc) is 2.89. The van der Waals surface area contributed by atoms with E-state index >= 15 is 0 Å². The van der Waals surface area contributed by atoms with Gasteiger partial charge in [0, 0.05) is 25.7 Å². The Morgan fingerprint density at radius 1 is 1.11 bits per heavy atom. The molecule has 2 fully saturated rings. The van der Waals surface area contributed by atoms with E-state index in [4.69, 9.17) is 0 Å². The predicted octanol–water partition coefficient (Wildman–Crippen LogP) is 0.584. The lowest BCUT2D eigenvalue weighted by atomic mass is 9.85. The first-order valence-electron chi connectivity index (χ1n) is 7.54. The van der Waals surface area contributed by atoms with Crippen LogP contribution in [-0.4, -0.2) is 60.0 Å². The van der Waals surface area contributed by atoms with Crippen molar-refractivity contribution in [3.63, 3.8) is 0 Å². The fourth-order valence-electron chi connectivity index (χ4n) is 3.31. The lowest BCUT2D eigenvalue weighted by Gasteiger charge is -2.32. The third-order valence-corrected chi connectivity index (χ3v) is 4.43. The number of nitrogens with zero attached hydrogens (tertiary/aromatic N) is 1. The molecule has 1 saturated heterocycles. The minimum atomic E-state index is -0.274. The van der Waals surface area contributed by atoms with E-state index in [1.54, 1.807) is 0 Å². The van der Waals surface area contributed by atoms with Crippen LogP contribution in [0.2, 0.25) is 0 Å². The van der Waals surface area contributed by atoms with E-state index < -0.39 is 0 Å². The topological polar surface area (TPSA) is 55.7 Å². The molecule has 0 aromatic carbocycles. The van der Waals surface area contributed by atoms with Gasteiger partial charge in [-0.1, -0.05) is 12.8 Å². The molecule has 0 radical (unpaired) electrons. The van der Waals surface area contributed by atoms with E-state index in [9.17, 15) is 10.2 Å². The largest absolute Gasteiger partial charge is 0.396 e. The van der Waals surface area contributed by atoms with E-state index in [1.165, 1.54) is 25.7 Å². The Morgan fingerprint density at radius 2 is 1.83 bits per heavy atom. The van der Waals surface area contributed by atoms with E-state index in [-0.39, 0.29) is 12.7 Å². The Balaban J connectivity index is 1.65. The van der Waals surface area contributed by atoms with Gasteiger partial charge in [0.15, 0.2) is 0 Å². The van der Waals surface area contributed by atoms with Gasteiger partial charge >= 0.3 is 0 Å². The summed E-state index contributed by atoms with van der Waals surface area (Å²) in [6.07, 6.45) is 7.02. The van der Waals surface area contributed by atoms with Crippen LogP contribution in [0.3, 0.4) is 0 Å². The molecule has 0 amide bonds. The Hall–Kier alpha value is -0.160.